The van der Waals surface area contributed by atoms with E-state index >= 15 is 0 Å². The zero-order valence-corrected chi connectivity index (χ0v) is 19.9. The van der Waals surface area contributed by atoms with Crippen LogP contribution in [0.1, 0.15) is 28.4 Å². The summed E-state index contributed by atoms with van der Waals surface area (Å²) in [5.74, 6) is 0.811. The van der Waals surface area contributed by atoms with Gasteiger partial charge in [-0.2, -0.15) is 0 Å². The van der Waals surface area contributed by atoms with Gasteiger partial charge in [0.25, 0.3) is 0 Å². The molecule has 0 radical (unpaired) electrons. The van der Waals surface area contributed by atoms with Crippen LogP contribution in [0.15, 0.2) is 72.8 Å². The Morgan fingerprint density at radius 3 is 2.23 bits per heavy atom. The first-order valence-corrected chi connectivity index (χ1v) is 11.8. The molecule has 35 heavy (non-hydrogen) atoms. The first-order chi connectivity index (χ1) is 17.1. The number of hydrogen-bond donors (Lipinski definition) is 1. The van der Waals surface area contributed by atoms with Crippen LogP contribution in [-0.4, -0.2) is 31.1 Å². The average Bonchev–Trinajstić information content (AvgIpc) is 3.45. The molecule has 0 bridgehead atoms. The van der Waals surface area contributed by atoms with Crippen LogP contribution in [0.2, 0.25) is 0 Å². The summed E-state index contributed by atoms with van der Waals surface area (Å²) in [6.07, 6.45) is -0.598. The number of rotatable bonds is 7. The van der Waals surface area contributed by atoms with Crippen molar-refractivity contribution in [2.45, 2.75) is 12.5 Å². The SMILES string of the molecule is COc1ccc(-c2nc(NC(=O)C[C@H]3OC(=O)c4ccccc43)sc2-c2ccc(OC)cc2)cc1. The third-order valence-corrected chi connectivity index (χ3v) is 6.76. The number of amides is 1. The van der Waals surface area contributed by atoms with Gasteiger partial charge in [0.1, 0.15) is 17.6 Å². The average molecular weight is 487 g/mol. The largest absolute Gasteiger partial charge is 0.497 e. The molecule has 1 aromatic heterocycles. The number of nitrogens with one attached hydrogen (secondary N) is 1. The number of ether oxygens (including phenoxy) is 3. The summed E-state index contributed by atoms with van der Waals surface area (Å²) in [7, 11) is 3.24. The Bertz CT molecular complexity index is 1310. The van der Waals surface area contributed by atoms with Gasteiger partial charge in [0.15, 0.2) is 5.13 Å². The van der Waals surface area contributed by atoms with Crippen LogP contribution in [-0.2, 0) is 9.53 Å². The van der Waals surface area contributed by atoms with Gasteiger partial charge in [-0.3, -0.25) is 4.79 Å². The number of benzene rings is 3. The Hall–Kier alpha value is -4.17. The predicted octanol–water partition coefficient (Wildman–Crippen LogP) is 5.73. The fraction of sp³-hybridized carbons (Fsp3) is 0.148. The molecule has 5 rings (SSSR count). The van der Waals surface area contributed by atoms with Crippen LogP contribution in [0.25, 0.3) is 21.7 Å². The maximum atomic E-state index is 12.9. The van der Waals surface area contributed by atoms with Gasteiger partial charge in [-0.15, -0.1) is 0 Å². The number of thiazole rings is 1. The number of carbonyl (C=O) groups is 2. The van der Waals surface area contributed by atoms with Crippen molar-refractivity contribution in [3.8, 4) is 33.2 Å². The van der Waals surface area contributed by atoms with Crippen molar-refractivity contribution in [1.82, 2.24) is 4.98 Å². The summed E-state index contributed by atoms with van der Waals surface area (Å²) < 4.78 is 16.0. The molecule has 2 heterocycles. The third-order valence-electron chi connectivity index (χ3n) is 5.74. The molecule has 8 heteroatoms. The molecule has 0 saturated carbocycles. The lowest BCUT2D eigenvalue weighted by molar-refractivity contribution is -0.118. The fourth-order valence-electron chi connectivity index (χ4n) is 3.97. The second-order valence-electron chi connectivity index (χ2n) is 7.89. The molecule has 1 N–H and O–H groups in total. The molecule has 4 aromatic rings. The number of aromatic nitrogens is 1. The van der Waals surface area contributed by atoms with Crippen LogP contribution in [0.4, 0.5) is 5.13 Å². The fourth-order valence-corrected chi connectivity index (χ4v) is 4.98. The minimum absolute atomic E-state index is 0.0120. The Kier molecular flexibility index (Phi) is 6.20. The Labute approximate surface area is 206 Å². The highest BCUT2D eigenvalue weighted by molar-refractivity contribution is 7.19. The lowest BCUT2D eigenvalue weighted by atomic mass is 10.0. The van der Waals surface area contributed by atoms with Gasteiger partial charge in [-0.25, -0.2) is 9.78 Å². The van der Waals surface area contributed by atoms with Crippen molar-refractivity contribution in [1.29, 1.82) is 0 Å². The Morgan fingerprint density at radius 1 is 0.943 bits per heavy atom. The first kappa shape index (κ1) is 22.6. The van der Waals surface area contributed by atoms with E-state index in [0.717, 1.165) is 38.8 Å². The van der Waals surface area contributed by atoms with E-state index in [1.54, 1.807) is 26.4 Å². The number of nitrogens with zero attached hydrogens (tertiary/aromatic N) is 1. The second-order valence-corrected chi connectivity index (χ2v) is 8.89. The van der Waals surface area contributed by atoms with Crippen molar-refractivity contribution in [3.05, 3.63) is 83.9 Å². The molecule has 0 spiro atoms. The monoisotopic (exact) mass is 486 g/mol. The number of carbonyl (C=O) groups excluding carboxylic acids is 2. The van der Waals surface area contributed by atoms with Gasteiger partial charge in [0.2, 0.25) is 5.91 Å². The number of fused-ring (bicyclic) bond motifs is 1. The van der Waals surface area contributed by atoms with Crippen molar-refractivity contribution in [3.63, 3.8) is 0 Å². The lowest BCUT2D eigenvalue weighted by Crippen LogP contribution is -2.15. The van der Waals surface area contributed by atoms with Crippen LogP contribution >= 0.6 is 11.3 Å². The standard InChI is InChI=1S/C27H22N2O5S/c1-32-18-11-7-16(8-12-18)24-25(17-9-13-19(33-2)14-10-17)35-27(29-24)28-23(30)15-22-20-5-3-4-6-21(20)26(31)34-22/h3-14,22H,15H2,1-2H3,(H,28,29,30)/t22-/m1/s1. The van der Waals surface area contributed by atoms with Crippen molar-refractivity contribution in [2.75, 3.05) is 19.5 Å². The number of hydrogen-bond acceptors (Lipinski definition) is 7. The zero-order chi connectivity index (χ0) is 24.4. The predicted molar refractivity (Wildman–Crippen MR) is 134 cm³/mol. The molecule has 3 aromatic carbocycles. The molecule has 1 aliphatic rings. The quantitative estimate of drug-likeness (QED) is 0.336. The van der Waals surface area contributed by atoms with Crippen LogP contribution < -0.4 is 14.8 Å². The molecular formula is C27H22N2O5S. The van der Waals surface area contributed by atoms with Gasteiger partial charge in [-0.05, 0) is 60.2 Å². The first-order valence-electron chi connectivity index (χ1n) is 10.9. The summed E-state index contributed by atoms with van der Waals surface area (Å²) in [5.41, 5.74) is 3.82. The molecular weight excluding hydrogens is 464 g/mol. The smallest absolute Gasteiger partial charge is 0.339 e. The summed E-state index contributed by atoms with van der Waals surface area (Å²) in [5, 5.41) is 3.35. The van der Waals surface area contributed by atoms with E-state index in [1.165, 1.54) is 11.3 Å². The molecule has 7 nitrogen and oxygen atoms in total. The van der Waals surface area contributed by atoms with E-state index in [1.807, 2.05) is 60.7 Å². The lowest BCUT2D eigenvalue weighted by Gasteiger charge is -2.09. The number of anilines is 1. The highest BCUT2D eigenvalue weighted by Gasteiger charge is 2.32. The summed E-state index contributed by atoms with van der Waals surface area (Å²) in [6.45, 7) is 0. The number of esters is 1. The molecule has 0 fully saturated rings. The van der Waals surface area contributed by atoms with E-state index in [2.05, 4.69) is 5.32 Å². The maximum absolute atomic E-state index is 12.9. The van der Waals surface area contributed by atoms with E-state index in [0.29, 0.717) is 10.7 Å². The minimum Gasteiger partial charge on any atom is -0.497 e. The zero-order valence-electron chi connectivity index (χ0n) is 19.1. The van der Waals surface area contributed by atoms with Crippen molar-refractivity contribution in [2.24, 2.45) is 0 Å². The summed E-state index contributed by atoms with van der Waals surface area (Å²) in [4.78, 5) is 30.6. The second kappa shape index (κ2) is 9.60. The number of methoxy groups -OCH3 is 2. The number of cyclic esters (lactones) is 1. The molecule has 1 amide bonds. The highest BCUT2D eigenvalue weighted by atomic mass is 32.1. The topological polar surface area (TPSA) is 86.8 Å². The molecule has 176 valence electrons. The van der Waals surface area contributed by atoms with Crippen LogP contribution in [0, 0.1) is 0 Å². The van der Waals surface area contributed by atoms with Gasteiger partial charge >= 0.3 is 5.97 Å². The summed E-state index contributed by atoms with van der Waals surface area (Å²) in [6, 6.07) is 22.4. The van der Waals surface area contributed by atoms with E-state index in [-0.39, 0.29) is 12.3 Å². The van der Waals surface area contributed by atoms with E-state index in [4.69, 9.17) is 19.2 Å². The molecule has 0 unspecified atom stereocenters. The molecule has 1 atom stereocenters. The third kappa shape index (κ3) is 4.61. The van der Waals surface area contributed by atoms with E-state index in [9.17, 15) is 9.59 Å². The van der Waals surface area contributed by atoms with Gasteiger partial charge in [-0.1, -0.05) is 29.5 Å². The van der Waals surface area contributed by atoms with Gasteiger partial charge < -0.3 is 19.5 Å². The van der Waals surface area contributed by atoms with Gasteiger partial charge in [0, 0.05) is 11.1 Å². The van der Waals surface area contributed by atoms with Crippen LogP contribution in [0.5, 0.6) is 11.5 Å². The van der Waals surface area contributed by atoms with Crippen molar-refractivity contribution >= 4 is 28.3 Å². The minimum atomic E-state index is -0.610. The molecule has 1 aliphatic heterocycles. The molecule has 0 aliphatic carbocycles. The maximum Gasteiger partial charge on any atom is 0.339 e. The highest BCUT2D eigenvalue weighted by Crippen LogP contribution is 2.40. The normalized spacial score (nSPS) is 14.2. The molecule has 0 saturated heterocycles. The summed E-state index contributed by atoms with van der Waals surface area (Å²) >= 11 is 1.38. The van der Waals surface area contributed by atoms with Gasteiger partial charge in [0.05, 0.1) is 36.8 Å². The van der Waals surface area contributed by atoms with Crippen LogP contribution in [0.3, 0.4) is 0 Å². The Morgan fingerprint density at radius 2 is 1.57 bits per heavy atom. The Balaban J connectivity index is 1.42. The van der Waals surface area contributed by atoms with E-state index < -0.39 is 12.1 Å². The van der Waals surface area contributed by atoms with Crippen molar-refractivity contribution < 1.29 is 23.8 Å².